The SMILES string of the molecule is CC#CCn1c(N2CCCNCC2)nc2cnn(Cc3nc4c(C)cccc4o3)c(=O)c21. The zero-order valence-electron chi connectivity index (χ0n) is 18.3. The fourth-order valence-electron chi connectivity index (χ4n) is 4.11. The number of anilines is 1. The van der Waals surface area contributed by atoms with Crippen molar-refractivity contribution in [3.05, 3.63) is 46.2 Å². The number of hydrogen-bond donors (Lipinski definition) is 1. The summed E-state index contributed by atoms with van der Waals surface area (Å²) in [4.78, 5) is 25.0. The molecular formula is C23H25N7O2. The van der Waals surface area contributed by atoms with Crippen LogP contribution in [0.2, 0.25) is 0 Å². The molecule has 1 aromatic carbocycles. The van der Waals surface area contributed by atoms with Crippen LogP contribution in [0, 0.1) is 18.8 Å². The van der Waals surface area contributed by atoms with Gasteiger partial charge in [0.1, 0.15) is 23.1 Å². The third-order valence-electron chi connectivity index (χ3n) is 5.72. The van der Waals surface area contributed by atoms with Gasteiger partial charge in [-0.15, -0.1) is 5.92 Å². The van der Waals surface area contributed by atoms with Gasteiger partial charge in [-0.3, -0.25) is 9.36 Å². The molecule has 4 aromatic rings. The minimum Gasteiger partial charge on any atom is -0.439 e. The summed E-state index contributed by atoms with van der Waals surface area (Å²) in [6, 6.07) is 5.79. The summed E-state index contributed by atoms with van der Waals surface area (Å²) >= 11 is 0. The molecule has 9 heteroatoms. The third-order valence-corrected chi connectivity index (χ3v) is 5.72. The minimum absolute atomic E-state index is 0.149. The van der Waals surface area contributed by atoms with E-state index in [1.165, 1.54) is 4.68 Å². The van der Waals surface area contributed by atoms with Crippen molar-refractivity contribution in [3.8, 4) is 11.8 Å². The van der Waals surface area contributed by atoms with Crippen molar-refractivity contribution in [1.82, 2.24) is 29.6 Å². The monoisotopic (exact) mass is 431 g/mol. The summed E-state index contributed by atoms with van der Waals surface area (Å²) in [7, 11) is 0. The average molecular weight is 432 g/mol. The summed E-state index contributed by atoms with van der Waals surface area (Å²) in [5.74, 6) is 7.23. The third kappa shape index (κ3) is 3.63. The van der Waals surface area contributed by atoms with Crippen molar-refractivity contribution >= 4 is 28.1 Å². The van der Waals surface area contributed by atoms with Crippen LogP contribution in [-0.2, 0) is 13.1 Å². The lowest BCUT2D eigenvalue weighted by atomic mass is 10.2. The van der Waals surface area contributed by atoms with Crippen molar-refractivity contribution < 1.29 is 4.42 Å². The predicted octanol–water partition coefficient (Wildman–Crippen LogP) is 1.91. The van der Waals surface area contributed by atoms with Gasteiger partial charge in [-0.05, 0) is 38.4 Å². The van der Waals surface area contributed by atoms with Crippen molar-refractivity contribution in [1.29, 1.82) is 0 Å². The Balaban J connectivity index is 1.58. The highest BCUT2D eigenvalue weighted by molar-refractivity contribution is 5.77. The number of aryl methyl sites for hydroxylation is 1. The predicted molar refractivity (Wildman–Crippen MR) is 123 cm³/mol. The van der Waals surface area contributed by atoms with Crippen molar-refractivity contribution in [3.63, 3.8) is 0 Å². The quantitative estimate of drug-likeness (QED) is 0.493. The Morgan fingerprint density at radius 1 is 1.22 bits per heavy atom. The van der Waals surface area contributed by atoms with Crippen LogP contribution in [0.4, 0.5) is 5.95 Å². The zero-order chi connectivity index (χ0) is 22.1. The van der Waals surface area contributed by atoms with E-state index in [9.17, 15) is 4.79 Å². The zero-order valence-corrected chi connectivity index (χ0v) is 18.3. The Morgan fingerprint density at radius 2 is 2.12 bits per heavy atom. The van der Waals surface area contributed by atoms with Crippen LogP contribution < -0.4 is 15.8 Å². The highest BCUT2D eigenvalue weighted by Gasteiger charge is 2.21. The molecule has 1 aliphatic rings. The van der Waals surface area contributed by atoms with Gasteiger partial charge in [-0.2, -0.15) is 5.10 Å². The van der Waals surface area contributed by atoms with Gasteiger partial charge in [-0.25, -0.2) is 14.6 Å². The van der Waals surface area contributed by atoms with Crippen LogP contribution in [0.1, 0.15) is 24.8 Å². The van der Waals surface area contributed by atoms with Gasteiger partial charge in [0.05, 0.1) is 12.7 Å². The number of hydrogen-bond acceptors (Lipinski definition) is 7. The highest BCUT2D eigenvalue weighted by Crippen LogP contribution is 2.22. The maximum absolute atomic E-state index is 13.5. The molecule has 0 radical (unpaired) electrons. The minimum atomic E-state index is -0.230. The molecule has 1 N–H and O–H groups in total. The van der Waals surface area contributed by atoms with Crippen molar-refractivity contribution in [2.45, 2.75) is 33.4 Å². The number of imidazole rings is 1. The van der Waals surface area contributed by atoms with E-state index in [1.807, 2.05) is 29.7 Å². The molecule has 164 valence electrons. The lowest BCUT2D eigenvalue weighted by Crippen LogP contribution is -2.31. The molecule has 0 atom stereocenters. The Kier molecular flexibility index (Phi) is 5.37. The van der Waals surface area contributed by atoms with E-state index in [1.54, 1.807) is 13.1 Å². The van der Waals surface area contributed by atoms with Crippen LogP contribution in [-0.4, -0.2) is 50.5 Å². The number of nitrogens with one attached hydrogen (secondary N) is 1. The van der Waals surface area contributed by atoms with E-state index >= 15 is 0 Å². The first-order valence-electron chi connectivity index (χ1n) is 10.8. The van der Waals surface area contributed by atoms with Crippen molar-refractivity contribution in [2.75, 3.05) is 31.1 Å². The normalized spacial score (nSPS) is 14.5. The van der Waals surface area contributed by atoms with Gasteiger partial charge in [0.25, 0.3) is 5.56 Å². The topological polar surface area (TPSA) is 94.0 Å². The van der Waals surface area contributed by atoms with Gasteiger partial charge in [0.2, 0.25) is 11.8 Å². The molecule has 1 fully saturated rings. The first kappa shape index (κ1) is 20.3. The van der Waals surface area contributed by atoms with E-state index in [0.29, 0.717) is 29.1 Å². The summed E-state index contributed by atoms with van der Waals surface area (Å²) in [6.45, 7) is 7.88. The molecule has 1 saturated heterocycles. The maximum atomic E-state index is 13.5. The highest BCUT2D eigenvalue weighted by atomic mass is 16.3. The molecule has 0 saturated carbocycles. The maximum Gasteiger partial charge on any atom is 0.293 e. The number of oxazole rings is 1. The van der Waals surface area contributed by atoms with E-state index in [2.05, 4.69) is 32.1 Å². The molecule has 0 aliphatic carbocycles. The largest absolute Gasteiger partial charge is 0.439 e. The fraction of sp³-hybridized carbons (Fsp3) is 0.391. The summed E-state index contributed by atoms with van der Waals surface area (Å²) in [6.07, 6.45) is 2.66. The number of fused-ring (bicyclic) bond motifs is 2. The molecule has 4 heterocycles. The first-order valence-corrected chi connectivity index (χ1v) is 10.8. The number of benzene rings is 1. The second kappa shape index (κ2) is 8.48. The molecule has 1 aliphatic heterocycles. The number of para-hydroxylation sites is 1. The second-order valence-electron chi connectivity index (χ2n) is 7.89. The van der Waals surface area contributed by atoms with Crippen LogP contribution in [0.15, 0.2) is 33.6 Å². The van der Waals surface area contributed by atoms with E-state index < -0.39 is 0 Å². The molecule has 0 unspecified atom stereocenters. The molecule has 5 rings (SSSR count). The fourth-order valence-corrected chi connectivity index (χ4v) is 4.11. The lowest BCUT2D eigenvalue weighted by molar-refractivity contribution is 0.482. The molecule has 0 spiro atoms. The Hall–Kier alpha value is -3.64. The van der Waals surface area contributed by atoms with Gasteiger partial charge < -0.3 is 14.6 Å². The Morgan fingerprint density at radius 3 is 2.97 bits per heavy atom. The second-order valence-corrected chi connectivity index (χ2v) is 7.89. The molecule has 0 amide bonds. The van der Waals surface area contributed by atoms with Crippen LogP contribution in [0.3, 0.4) is 0 Å². The summed E-state index contributed by atoms with van der Waals surface area (Å²) in [5.41, 5.74) is 3.38. The molecule has 9 nitrogen and oxygen atoms in total. The average Bonchev–Trinajstić information content (AvgIpc) is 3.26. The number of nitrogens with zero attached hydrogens (tertiary/aromatic N) is 6. The van der Waals surface area contributed by atoms with Crippen LogP contribution >= 0.6 is 0 Å². The van der Waals surface area contributed by atoms with Crippen molar-refractivity contribution in [2.24, 2.45) is 0 Å². The molecule has 0 bridgehead atoms. The lowest BCUT2D eigenvalue weighted by Gasteiger charge is -2.21. The van der Waals surface area contributed by atoms with E-state index in [-0.39, 0.29) is 12.1 Å². The van der Waals surface area contributed by atoms with Gasteiger partial charge in [-0.1, -0.05) is 18.1 Å². The van der Waals surface area contributed by atoms with Crippen LogP contribution in [0.5, 0.6) is 0 Å². The van der Waals surface area contributed by atoms with Crippen LogP contribution in [0.25, 0.3) is 22.1 Å². The Bertz CT molecular complexity index is 1390. The molecule has 32 heavy (non-hydrogen) atoms. The standard InChI is InChI=1S/C23H25N7O2/c1-3-4-12-29-21-17(26-23(29)28-11-6-9-24-10-13-28)14-25-30(22(21)31)15-19-27-20-16(2)7-5-8-18(20)32-19/h5,7-8,14,24H,6,9-13,15H2,1-2H3. The Labute approximate surface area is 185 Å². The summed E-state index contributed by atoms with van der Waals surface area (Å²) in [5, 5.41) is 7.76. The van der Waals surface area contributed by atoms with E-state index in [0.717, 1.165) is 49.6 Å². The summed E-state index contributed by atoms with van der Waals surface area (Å²) < 4.78 is 9.15. The first-order chi connectivity index (χ1) is 15.7. The van der Waals surface area contributed by atoms with Gasteiger partial charge in [0, 0.05) is 19.6 Å². The smallest absolute Gasteiger partial charge is 0.293 e. The van der Waals surface area contributed by atoms with Gasteiger partial charge in [0.15, 0.2) is 5.58 Å². The van der Waals surface area contributed by atoms with E-state index in [4.69, 9.17) is 9.40 Å². The number of rotatable bonds is 4. The number of aromatic nitrogens is 5. The molecular weight excluding hydrogens is 406 g/mol. The van der Waals surface area contributed by atoms with Gasteiger partial charge >= 0.3 is 0 Å². The molecule has 3 aromatic heterocycles.